The van der Waals surface area contributed by atoms with Crippen molar-refractivity contribution in [3.8, 4) is 0 Å². The Hall–Kier alpha value is -3.37. The zero-order valence-electron chi connectivity index (χ0n) is 22.0. The number of nitrogens with zero attached hydrogens (tertiary/aromatic N) is 2. The van der Waals surface area contributed by atoms with Gasteiger partial charge in [0.2, 0.25) is 17.7 Å². The van der Waals surface area contributed by atoms with Gasteiger partial charge in [0.25, 0.3) is 0 Å². The summed E-state index contributed by atoms with van der Waals surface area (Å²) in [7, 11) is 0. The van der Waals surface area contributed by atoms with Crippen LogP contribution in [0.25, 0.3) is 0 Å². The van der Waals surface area contributed by atoms with Crippen LogP contribution in [0, 0.1) is 11.6 Å². The monoisotopic (exact) mass is 530 g/mol. The summed E-state index contributed by atoms with van der Waals surface area (Å²) in [4.78, 5) is 40.6. The minimum Gasteiger partial charge on any atom is -0.390 e. The summed E-state index contributed by atoms with van der Waals surface area (Å²) in [6.45, 7) is 5.84. The highest BCUT2D eigenvalue weighted by molar-refractivity contribution is 5.96. The number of nitrogens with one attached hydrogen (secondary N) is 2. The van der Waals surface area contributed by atoms with Gasteiger partial charge in [-0.25, -0.2) is 8.78 Å². The first kappa shape index (κ1) is 29.2. The fourth-order valence-corrected chi connectivity index (χ4v) is 4.69. The van der Waals surface area contributed by atoms with Crippen molar-refractivity contribution < 1.29 is 28.3 Å². The fourth-order valence-electron chi connectivity index (χ4n) is 4.69. The Morgan fingerprint density at radius 1 is 1.08 bits per heavy atom. The van der Waals surface area contributed by atoms with Gasteiger partial charge >= 0.3 is 0 Å². The van der Waals surface area contributed by atoms with Crippen molar-refractivity contribution in [2.24, 2.45) is 0 Å². The maximum atomic E-state index is 13.8. The number of piperazine rings is 1. The Balaban J connectivity index is 1.67. The van der Waals surface area contributed by atoms with Gasteiger partial charge in [0.05, 0.1) is 12.1 Å². The van der Waals surface area contributed by atoms with Crippen LogP contribution in [0.4, 0.5) is 8.78 Å². The molecular weight excluding hydrogens is 494 g/mol. The molecule has 0 radical (unpaired) electrons. The Kier molecular flexibility index (Phi) is 10.3. The zero-order chi connectivity index (χ0) is 27.8. The largest absolute Gasteiger partial charge is 0.390 e. The first-order valence-corrected chi connectivity index (χ1v) is 12.9. The Morgan fingerprint density at radius 3 is 2.42 bits per heavy atom. The van der Waals surface area contributed by atoms with Gasteiger partial charge < -0.3 is 25.5 Å². The predicted octanol–water partition coefficient (Wildman–Crippen LogP) is 1.78. The van der Waals surface area contributed by atoms with E-state index in [9.17, 15) is 28.3 Å². The normalized spacial score (nSPS) is 17.5. The van der Waals surface area contributed by atoms with E-state index >= 15 is 0 Å². The highest BCUT2D eigenvalue weighted by Crippen LogP contribution is 2.14. The molecule has 2 aromatic rings. The molecule has 1 fully saturated rings. The van der Waals surface area contributed by atoms with Crippen molar-refractivity contribution in [1.29, 1.82) is 0 Å². The molecule has 0 bridgehead atoms. The van der Waals surface area contributed by atoms with Crippen LogP contribution < -0.4 is 10.6 Å². The number of aliphatic hydroxyl groups excluding tert-OH is 1. The molecule has 0 saturated carbocycles. The van der Waals surface area contributed by atoms with Crippen molar-refractivity contribution >= 4 is 17.7 Å². The quantitative estimate of drug-likeness (QED) is 0.389. The molecule has 3 rings (SSSR count). The second kappa shape index (κ2) is 13.4. The lowest BCUT2D eigenvalue weighted by molar-refractivity contribution is -0.156. The maximum Gasteiger partial charge on any atom is 0.246 e. The van der Waals surface area contributed by atoms with E-state index in [-0.39, 0.29) is 43.4 Å². The average Bonchev–Trinajstić information content (AvgIpc) is 2.86. The van der Waals surface area contributed by atoms with Gasteiger partial charge in [-0.1, -0.05) is 31.2 Å². The smallest absolute Gasteiger partial charge is 0.246 e. The number of benzene rings is 2. The average molecular weight is 531 g/mol. The van der Waals surface area contributed by atoms with E-state index < -0.39 is 35.7 Å². The predicted molar refractivity (Wildman–Crippen MR) is 139 cm³/mol. The number of hydrogen-bond donors (Lipinski definition) is 3. The second-order valence-electron chi connectivity index (χ2n) is 9.58. The van der Waals surface area contributed by atoms with Crippen molar-refractivity contribution in [1.82, 2.24) is 20.4 Å². The lowest BCUT2D eigenvalue weighted by Gasteiger charge is -2.38. The van der Waals surface area contributed by atoms with Gasteiger partial charge in [0.1, 0.15) is 30.8 Å². The Labute approximate surface area is 222 Å². The summed E-state index contributed by atoms with van der Waals surface area (Å²) in [5.41, 5.74) is 2.48. The molecule has 1 saturated heterocycles. The highest BCUT2D eigenvalue weighted by Gasteiger charge is 2.36. The number of halogens is 2. The van der Waals surface area contributed by atoms with Gasteiger partial charge in [-0.05, 0) is 55.5 Å². The minimum atomic E-state index is -1.10. The molecule has 206 valence electrons. The molecule has 0 aliphatic carbocycles. The number of hydrogen-bond acceptors (Lipinski definition) is 5. The summed E-state index contributed by atoms with van der Waals surface area (Å²) in [5.74, 6) is -2.71. The number of carbonyl (C=O) groups excluding carboxylic acids is 3. The molecular formula is C28H36F2N4O4. The van der Waals surface area contributed by atoms with Crippen LogP contribution in [0.5, 0.6) is 0 Å². The van der Waals surface area contributed by atoms with E-state index in [4.69, 9.17) is 0 Å². The van der Waals surface area contributed by atoms with Crippen molar-refractivity contribution in [3.05, 3.63) is 70.8 Å². The van der Waals surface area contributed by atoms with Gasteiger partial charge in [-0.3, -0.25) is 14.4 Å². The van der Waals surface area contributed by atoms with Crippen molar-refractivity contribution in [2.45, 2.75) is 58.3 Å². The molecule has 1 heterocycles. The third-order valence-electron chi connectivity index (χ3n) is 6.73. The molecule has 8 nitrogen and oxygen atoms in total. The SMILES string of the molecule is CCc1cccc(CNC[C@H](O)[C@H](Cc2cc(F)cc(F)c2)NC(=O)CN2CC(=O)N(CC)[C@H](C)C2=O)c1. The number of rotatable bonds is 12. The van der Waals surface area contributed by atoms with Gasteiger partial charge in [-0.15, -0.1) is 0 Å². The van der Waals surface area contributed by atoms with E-state index in [1.54, 1.807) is 13.8 Å². The molecule has 3 atom stereocenters. The van der Waals surface area contributed by atoms with Crippen LogP contribution in [-0.2, 0) is 33.8 Å². The topological polar surface area (TPSA) is 102 Å². The Bertz CT molecular complexity index is 1130. The van der Waals surface area contributed by atoms with Gasteiger partial charge in [-0.2, -0.15) is 0 Å². The number of likely N-dealkylation sites (N-methyl/N-ethyl adjacent to an activating group) is 1. The molecule has 0 spiro atoms. The highest BCUT2D eigenvalue weighted by atomic mass is 19.1. The lowest BCUT2D eigenvalue weighted by Crippen LogP contribution is -2.60. The molecule has 1 aliphatic rings. The summed E-state index contributed by atoms with van der Waals surface area (Å²) in [5, 5.41) is 16.8. The van der Waals surface area contributed by atoms with E-state index in [0.717, 1.165) is 30.2 Å². The summed E-state index contributed by atoms with van der Waals surface area (Å²) in [6, 6.07) is 9.47. The zero-order valence-corrected chi connectivity index (χ0v) is 22.0. The number of aryl methyl sites for hydroxylation is 1. The van der Waals surface area contributed by atoms with E-state index in [1.165, 1.54) is 15.4 Å². The molecule has 38 heavy (non-hydrogen) atoms. The van der Waals surface area contributed by atoms with Gasteiger partial charge in [0, 0.05) is 25.7 Å². The number of aliphatic hydroxyl groups is 1. The number of amides is 3. The standard InChI is InChI=1S/C28H36F2N4O4/c1-4-19-7-6-8-20(9-19)14-31-15-25(35)24(12-21-10-22(29)13-23(30)11-21)32-26(36)16-33-17-27(37)34(5-2)18(3)28(33)38/h6-11,13,18,24-25,31,35H,4-5,12,14-17H2,1-3H3,(H,32,36)/t18-,24+,25+/m1/s1. The molecule has 0 unspecified atom stereocenters. The van der Waals surface area contributed by atoms with Crippen LogP contribution in [-0.4, -0.2) is 77.0 Å². The van der Waals surface area contributed by atoms with E-state index in [0.29, 0.717) is 13.1 Å². The third-order valence-corrected chi connectivity index (χ3v) is 6.73. The summed E-state index contributed by atoms with van der Waals surface area (Å²) >= 11 is 0. The second-order valence-corrected chi connectivity index (χ2v) is 9.58. The van der Waals surface area contributed by atoms with Crippen molar-refractivity contribution in [3.63, 3.8) is 0 Å². The summed E-state index contributed by atoms with van der Waals surface area (Å²) in [6.07, 6.45) is -0.246. The Morgan fingerprint density at radius 2 is 1.76 bits per heavy atom. The molecule has 3 amide bonds. The minimum absolute atomic E-state index is 0.0402. The van der Waals surface area contributed by atoms with E-state index in [2.05, 4.69) is 23.6 Å². The van der Waals surface area contributed by atoms with Crippen LogP contribution in [0.1, 0.15) is 37.5 Å². The van der Waals surface area contributed by atoms with Crippen LogP contribution in [0.2, 0.25) is 0 Å². The summed E-state index contributed by atoms with van der Waals surface area (Å²) < 4.78 is 27.6. The molecule has 2 aromatic carbocycles. The van der Waals surface area contributed by atoms with Crippen LogP contribution in [0.3, 0.4) is 0 Å². The third kappa shape index (κ3) is 7.82. The fraction of sp³-hybridized carbons (Fsp3) is 0.464. The van der Waals surface area contributed by atoms with Crippen LogP contribution in [0.15, 0.2) is 42.5 Å². The number of carbonyl (C=O) groups is 3. The lowest BCUT2D eigenvalue weighted by atomic mass is 10.0. The molecule has 10 heteroatoms. The van der Waals surface area contributed by atoms with Crippen molar-refractivity contribution in [2.75, 3.05) is 26.2 Å². The van der Waals surface area contributed by atoms with Gasteiger partial charge in [0.15, 0.2) is 0 Å². The van der Waals surface area contributed by atoms with Crippen LogP contribution >= 0.6 is 0 Å². The molecule has 3 N–H and O–H groups in total. The maximum absolute atomic E-state index is 13.8. The first-order chi connectivity index (χ1) is 18.1. The molecule has 0 aromatic heterocycles. The molecule has 1 aliphatic heterocycles. The first-order valence-electron chi connectivity index (χ1n) is 12.9. The van der Waals surface area contributed by atoms with E-state index in [1.807, 2.05) is 18.2 Å².